The highest BCUT2D eigenvalue weighted by Gasteiger charge is 2.31. The van der Waals surface area contributed by atoms with Crippen LogP contribution in [0, 0.1) is 6.92 Å². The number of fused-ring (bicyclic) bond motifs is 2. The minimum absolute atomic E-state index is 0.180. The summed E-state index contributed by atoms with van der Waals surface area (Å²) < 4.78 is 1.96. The number of carbonyl (C=O) groups excluding carboxylic acids is 1. The predicted molar refractivity (Wildman–Crippen MR) is 159 cm³/mol. The number of amides is 1. The van der Waals surface area contributed by atoms with Gasteiger partial charge in [0.2, 0.25) is 0 Å². The Kier molecular flexibility index (Phi) is 7.06. The van der Waals surface area contributed by atoms with E-state index in [4.69, 9.17) is 15.8 Å². The quantitative estimate of drug-likeness (QED) is 0.410. The van der Waals surface area contributed by atoms with Gasteiger partial charge in [-0.2, -0.15) is 5.10 Å². The van der Waals surface area contributed by atoms with Crippen LogP contribution in [0.2, 0.25) is 0 Å². The molecule has 8 nitrogen and oxygen atoms in total. The Morgan fingerprint density at radius 2 is 2.02 bits per heavy atom. The summed E-state index contributed by atoms with van der Waals surface area (Å²) in [4.78, 5) is 19.3. The third-order valence-electron chi connectivity index (χ3n) is 8.75. The number of anilines is 1. The van der Waals surface area contributed by atoms with Crippen molar-refractivity contribution in [2.24, 2.45) is 5.73 Å². The first-order valence-electron chi connectivity index (χ1n) is 14.3. The summed E-state index contributed by atoms with van der Waals surface area (Å²) in [5, 5.41) is 19.4. The molecule has 0 saturated carbocycles. The molecule has 1 amide bonds. The lowest BCUT2D eigenvalue weighted by Gasteiger charge is -2.36. The van der Waals surface area contributed by atoms with Crippen LogP contribution in [0.1, 0.15) is 82.2 Å². The Bertz CT molecular complexity index is 1500. The van der Waals surface area contributed by atoms with Crippen LogP contribution < -0.4 is 11.1 Å². The maximum absolute atomic E-state index is 12.3. The number of hydrogen-bond donors (Lipinski definition) is 3. The molecule has 1 atom stereocenters. The van der Waals surface area contributed by atoms with Crippen molar-refractivity contribution in [3.05, 3.63) is 81.9 Å². The van der Waals surface area contributed by atoms with E-state index < -0.39 is 11.5 Å². The molecule has 208 valence electrons. The first kappa shape index (κ1) is 26.5. The van der Waals surface area contributed by atoms with Gasteiger partial charge in [-0.3, -0.25) is 9.78 Å². The first-order valence-corrected chi connectivity index (χ1v) is 14.3. The Morgan fingerprint density at radius 1 is 1.20 bits per heavy atom. The number of aromatic nitrogens is 3. The lowest BCUT2D eigenvalue weighted by Crippen LogP contribution is -2.43. The zero-order valence-corrected chi connectivity index (χ0v) is 23.4. The topological polar surface area (TPSA) is 109 Å². The Labute approximate surface area is 235 Å². The van der Waals surface area contributed by atoms with Gasteiger partial charge in [0.25, 0.3) is 5.91 Å². The molecule has 3 aliphatic rings. The molecule has 8 heteroatoms. The van der Waals surface area contributed by atoms with Crippen LogP contribution in [0.3, 0.4) is 0 Å². The zero-order valence-electron chi connectivity index (χ0n) is 23.4. The van der Waals surface area contributed by atoms with Crippen molar-refractivity contribution in [2.45, 2.75) is 57.0 Å². The average Bonchev–Trinajstić information content (AvgIpc) is 3.31. The molecular weight excluding hydrogens is 500 g/mol. The lowest BCUT2D eigenvalue weighted by molar-refractivity contribution is -0.0194. The van der Waals surface area contributed by atoms with Gasteiger partial charge in [-0.25, -0.2) is 4.68 Å². The van der Waals surface area contributed by atoms with E-state index in [-0.39, 0.29) is 5.92 Å². The minimum atomic E-state index is -0.691. The predicted octanol–water partition coefficient (Wildman–Crippen LogP) is 4.44. The van der Waals surface area contributed by atoms with Crippen molar-refractivity contribution in [1.82, 2.24) is 19.7 Å². The number of rotatable bonds is 7. The third-order valence-corrected chi connectivity index (χ3v) is 8.75. The van der Waals surface area contributed by atoms with Crippen molar-refractivity contribution in [1.29, 1.82) is 0 Å². The Morgan fingerprint density at radius 3 is 2.83 bits per heavy atom. The smallest absolute Gasteiger partial charge is 0.250 e. The van der Waals surface area contributed by atoms with Gasteiger partial charge in [0.05, 0.1) is 28.2 Å². The fourth-order valence-corrected chi connectivity index (χ4v) is 6.32. The number of pyridine rings is 1. The monoisotopic (exact) mass is 538 g/mol. The molecule has 1 saturated heterocycles. The number of allylic oxidation sites excluding steroid dienone is 2. The fourth-order valence-electron chi connectivity index (χ4n) is 6.32. The standard InChI is InChI=1S/C32H38N6O2/c1-21-30-25(23-18-22-6-3-4-8-27(22)35-20-23)7-5-9-29(30)38(36-21)24-10-11-26(31(33)39)28(19-24)34-15-12-32(40)13-16-37(2)17-14-32/h3,5-6,9-11,18-20,25,34,40H,4,7-8,12-17H2,1-2H3,(H2,33,39). The van der Waals surface area contributed by atoms with E-state index in [1.807, 2.05) is 23.0 Å². The molecule has 0 bridgehead atoms. The van der Waals surface area contributed by atoms with Gasteiger partial charge in [-0.1, -0.05) is 18.2 Å². The number of benzene rings is 1. The van der Waals surface area contributed by atoms with Gasteiger partial charge in [0.15, 0.2) is 0 Å². The molecule has 2 aliphatic carbocycles. The van der Waals surface area contributed by atoms with Crippen LogP contribution in [0.25, 0.3) is 17.8 Å². The Hall–Kier alpha value is -3.75. The van der Waals surface area contributed by atoms with Crippen molar-refractivity contribution in [3.8, 4) is 5.69 Å². The maximum Gasteiger partial charge on any atom is 0.250 e. The molecule has 1 aromatic carbocycles. The number of nitrogens with two attached hydrogens (primary N) is 1. The highest BCUT2D eigenvalue weighted by atomic mass is 16.3. The number of nitrogens with one attached hydrogen (secondary N) is 1. The third kappa shape index (κ3) is 5.09. The molecule has 6 rings (SSSR count). The second-order valence-electron chi connectivity index (χ2n) is 11.5. The number of likely N-dealkylation sites (tertiary alicyclic amines) is 1. The largest absolute Gasteiger partial charge is 0.390 e. The van der Waals surface area contributed by atoms with Crippen molar-refractivity contribution >= 4 is 23.7 Å². The summed E-state index contributed by atoms with van der Waals surface area (Å²) >= 11 is 0. The zero-order chi connectivity index (χ0) is 27.9. The molecule has 4 N–H and O–H groups in total. The molecule has 40 heavy (non-hydrogen) atoms. The van der Waals surface area contributed by atoms with Gasteiger partial charge in [0.1, 0.15) is 0 Å². The van der Waals surface area contributed by atoms with Crippen LogP contribution >= 0.6 is 0 Å². The van der Waals surface area contributed by atoms with Gasteiger partial charge in [0, 0.05) is 48.7 Å². The second kappa shape index (κ2) is 10.7. The number of hydrogen-bond acceptors (Lipinski definition) is 6. The number of nitrogens with zero attached hydrogens (tertiary/aromatic N) is 4. The summed E-state index contributed by atoms with van der Waals surface area (Å²) in [6, 6.07) is 7.88. The van der Waals surface area contributed by atoms with Gasteiger partial charge in [-0.15, -0.1) is 0 Å². The summed E-state index contributed by atoms with van der Waals surface area (Å²) in [6.07, 6.45) is 15.8. The van der Waals surface area contributed by atoms with Crippen molar-refractivity contribution in [3.63, 3.8) is 0 Å². The summed E-state index contributed by atoms with van der Waals surface area (Å²) in [5.74, 6) is -0.306. The highest BCUT2D eigenvalue weighted by molar-refractivity contribution is 5.99. The van der Waals surface area contributed by atoms with E-state index in [2.05, 4.69) is 54.6 Å². The second-order valence-corrected chi connectivity index (χ2v) is 11.5. The molecule has 1 aliphatic heterocycles. The van der Waals surface area contributed by atoms with Gasteiger partial charge in [-0.05, 0) is 94.0 Å². The number of primary amides is 1. The summed E-state index contributed by atoms with van der Waals surface area (Å²) in [6.45, 7) is 4.37. The molecule has 1 fully saturated rings. The Balaban J connectivity index is 1.29. The summed E-state index contributed by atoms with van der Waals surface area (Å²) in [7, 11) is 2.08. The number of aryl methyl sites for hydroxylation is 2. The molecular formula is C32H38N6O2. The number of aliphatic hydroxyl groups is 1. The molecule has 3 aromatic rings. The highest BCUT2D eigenvalue weighted by Crippen LogP contribution is 2.39. The van der Waals surface area contributed by atoms with Crippen LogP contribution in [0.4, 0.5) is 5.69 Å². The molecule has 3 heterocycles. The SMILES string of the molecule is Cc1nn(-c2ccc(C(N)=O)c(NCCC3(O)CCN(C)CC3)c2)c2c1C(c1cnc3c(c1)C=CCC3)CC=C2. The fraction of sp³-hybridized carbons (Fsp3) is 0.406. The van der Waals surface area contributed by atoms with E-state index in [9.17, 15) is 9.90 Å². The van der Waals surface area contributed by atoms with Gasteiger partial charge >= 0.3 is 0 Å². The normalized spacial score (nSPS) is 19.7. The van der Waals surface area contributed by atoms with E-state index in [1.165, 1.54) is 22.4 Å². The minimum Gasteiger partial charge on any atom is -0.390 e. The molecule has 2 aromatic heterocycles. The first-order chi connectivity index (χ1) is 19.3. The van der Waals surface area contributed by atoms with E-state index in [1.54, 1.807) is 6.07 Å². The van der Waals surface area contributed by atoms with Crippen molar-refractivity contribution in [2.75, 3.05) is 32.0 Å². The molecule has 0 spiro atoms. The van der Waals surface area contributed by atoms with Crippen LogP contribution in [-0.4, -0.2) is 63.0 Å². The van der Waals surface area contributed by atoms with Crippen LogP contribution in [-0.2, 0) is 6.42 Å². The van der Waals surface area contributed by atoms with Crippen LogP contribution in [0.15, 0.2) is 42.6 Å². The lowest BCUT2D eigenvalue weighted by atomic mass is 9.83. The van der Waals surface area contributed by atoms with E-state index in [0.717, 1.165) is 62.3 Å². The number of carbonyl (C=O) groups is 1. The summed E-state index contributed by atoms with van der Waals surface area (Å²) in [5.41, 5.74) is 13.8. The average molecular weight is 539 g/mol. The van der Waals surface area contributed by atoms with Crippen molar-refractivity contribution < 1.29 is 9.90 Å². The number of piperidine rings is 1. The van der Waals surface area contributed by atoms with Gasteiger partial charge < -0.3 is 21.1 Å². The van der Waals surface area contributed by atoms with E-state index >= 15 is 0 Å². The molecule has 0 radical (unpaired) electrons. The maximum atomic E-state index is 12.3. The van der Waals surface area contributed by atoms with E-state index in [0.29, 0.717) is 24.2 Å². The molecule has 1 unspecified atom stereocenters. The van der Waals surface area contributed by atoms with Crippen LogP contribution in [0.5, 0.6) is 0 Å².